The Morgan fingerprint density at radius 2 is 1.50 bits per heavy atom. The molecule has 0 amide bonds. The smallest absolute Gasteiger partial charge is 0.171 e. The Bertz CT molecular complexity index is 925. The van der Waals surface area contributed by atoms with Gasteiger partial charge in [0.2, 0.25) is 0 Å². The maximum Gasteiger partial charge on any atom is 0.171 e. The quantitative estimate of drug-likeness (QED) is 0.419. The van der Waals surface area contributed by atoms with E-state index in [2.05, 4.69) is 63.0 Å². The molecule has 0 saturated heterocycles. The van der Waals surface area contributed by atoms with Crippen LogP contribution in [0, 0.1) is 5.82 Å². The summed E-state index contributed by atoms with van der Waals surface area (Å²) in [5, 5.41) is 0.880. The van der Waals surface area contributed by atoms with Gasteiger partial charge in [-0.05, 0) is 41.0 Å². The highest BCUT2D eigenvalue weighted by molar-refractivity contribution is 6.82. The van der Waals surface area contributed by atoms with Gasteiger partial charge in [-0.2, -0.15) is 0 Å². The van der Waals surface area contributed by atoms with Crippen LogP contribution in [-0.2, 0) is 0 Å². The minimum atomic E-state index is -1.96. The number of nitrogens with zero attached hydrogens (tertiary/aromatic N) is 3. The molecule has 1 aromatic carbocycles. The van der Waals surface area contributed by atoms with Crippen LogP contribution in [-0.4, -0.2) is 24.5 Å². The Labute approximate surface area is 169 Å². The Hall–Kier alpha value is -2.14. The molecule has 0 unspecified atom stereocenters. The summed E-state index contributed by atoms with van der Waals surface area (Å²) in [6.45, 7) is 14.0. The van der Waals surface area contributed by atoms with Crippen molar-refractivity contribution in [3.05, 3.63) is 54.6 Å². The SMILES string of the molecule is CC(C)[Si](C(C)C)(C(C)C)n1ccc2c(N(C)c3ccccc3)c(F)cnc21. The van der Waals surface area contributed by atoms with Crippen LogP contribution < -0.4 is 4.90 Å². The molecule has 0 spiro atoms. The van der Waals surface area contributed by atoms with E-state index in [1.54, 1.807) is 0 Å². The topological polar surface area (TPSA) is 21.1 Å². The number of fused-ring (bicyclic) bond motifs is 1. The lowest BCUT2D eigenvalue weighted by Crippen LogP contribution is -2.51. The lowest BCUT2D eigenvalue weighted by Gasteiger charge is -2.44. The summed E-state index contributed by atoms with van der Waals surface area (Å²) in [6.07, 6.45) is 3.54. The molecule has 5 heteroatoms. The van der Waals surface area contributed by atoms with Crippen molar-refractivity contribution in [3.8, 4) is 0 Å². The normalized spacial score (nSPS) is 12.5. The third kappa shape index (κ3) is 3.06. The van der Waals surface area contributed by atoms with Gasteiger partial charge in [-0.1, -0.05) is 59.7 Å². The predicted molar refractivity (Wildman–Crippen MR) is 121 cm³/mol. The van der Waals surface area contributed by atoms with Gasteiger partial charge >= 0.3 is 0 Å². The van der Waals surface area contributed by atoms with Gasteiger partial charge in [0.25, 0.3) is 0 Å². The molecule has 0 bridgehead atoms. The van der Waals surface area contributed by atoms with Crippen molar-refractivity contribution in [1.29, 1.82) is 0 Å². The first-order valence-electron chi connectivity index (χ1n) is 10.2. The highest BCUT2D eigenvalue weighted by Crippen LogP contribution is 2.45. The summed E-state index contributed by atoms with van der Waals surface area (Å²) in [7, 11) is -0.0379. The second-order valence-corrected chi connectivity index (χ2v) is 14.3. The fourth-order valence-electron chi connectivity index (χ4n) is 5.32. The summed E-state index contributed by atoms with van der Waals surface area (Å²) >= 11 is 0. The Morgan fingerprint density at radius 3 is 2.04 bits per heavy atom. The van der Waals surface area contributed by atoms with Crippen molar-refractivity contribution in [1.82, 2.24) is 9.22 Å². The van der Waals surface area contributed by atoms with E-state index in [-0.39, 0.29) is 5.82 Å². The summed E-state index contributed by atoms with van der Waals surface area (Å²) in [5.74, 6) is -0.289. The van der Waals surface area contributed by atoms with Crippen LogP contribution in [0.15, 0.2) is 48.8 Å². The van der Waals surface area contributed by atoms with E-state index in [9.17, 15) is 4.39 Å². The van der Waals surface area contributed by atoms with E-state index in [0.717, 1.165) is 16.7 Å². The minimum absolute atomic E-state index is 0.289. The molecule has 3 nitrogen and oxygen atoms in total. The summed E-state index contributed by atoms with van der Waals surface area (Å²) in [4.78, 5) is 6.51. The van der Waals surface area contributed by atoms with Gasteiger partial charge in [-0.3, -0.25) is 0 Å². The van der Waals surface area contributed by atoms with Gasteiger partial charge in [-0.25, -0.2) is 9.37 Å². The van der Waals surface area contributed by atoms with E-state index >= 15 is 0 Å². The standard InChI is InChI=1S/C23H32FN3Si/c1-16(2)28(17(3)4,18(5)6)27-14-13-20-22(21(24)15-25-23(20)27)26(7)19-11-9-8-10-12-19/h8-18H,1-7H3. The van der Waals surface area contributed by atoms with Crippen LogP contribution in [0.2, 0.25) is 16.6 Å². The first kappa shape index (κ1) is 20.6. The number of rotatable bonds is 6. The van der Waals surface area contributed by atoms with Gasteiger partial charge < -0.3 is 9.13 Å². The number of anilines is 2. The van der Waals surface area contributed by atoms with Crippen molar-refractivity contribution >= 4 is 30.6 Å². The molecular weight excluding hydrogens is 365 g/mol. The third-order valence-corrected chi connectivity index (χ3v) is 13.1. The molecule has 0 radical (unpaired) electrons. The second-order valence-electron chi connectivity index (χ2n) is 8.62. The molecule has 0 aliphatic heterocycles. The average molecular weight is 398 g/mol. The van der Waals surface area contributed by atoms with Crippen LogP contribution in [0.4, 0.5) is 15.8 Å². The largest absolute Gasteiger partial charge is 0.358 e. The highest BCUT2D eigenvalue weighted by Gasteiger charge is 2.46. The van der Waals surface area contributed by atoms with Crippen LogP contribution >= 0.6 is 0 Å². The Balaban J connectivity index is 2.27. The fourth-order valence-corrected chi connectivity index (χ4v) is 11.9. The van der Waals surface area contributed by atoms with Gasteiger partial charge in [0, 0.05) is 18.1 Å². The van der Waals surface area contributed by atoms with Crippen LogP contribution in [0.25, 0.3) is 11.0 Å². The monoisotopic (exact) mass is 397 g/mol. The molecule has 3 aromatic rings. The Kier molecular flexibility index (Phi) is 5.66. The molecule has 0 fully saturated rings. The minimum Gasteiger partial charge on any atom is -0.358 e. The fraction of sp³-hybridized carbons (Fsp3) is 0.435. The average Bonchev–Trinajstić information content (AvgIpc) is 3.05. The zero-order valence-electron chi connectivity index (χ0n) is 18.1. The Morgan fingerprint density at radius 1 is 0.929 bits per heavy atom. The zero-order valence-corrected chi connectivity index (χ0v) is 19.1. The number of aromatic nitrogens is 2. The number of para-hydroxylation sites is 1. The van der Waals surface area contributed by atoms with Crippen molar-refractivity contribution in [2.75, 3.05) is 11.9 Å². The lowest BCUT2D eigenvalue weighted by molar-refractivity contribution is 0.623. The molecule has 0 atom stereocenters. The molecule has 0 aliphatic carbocycles. The van der Waals surface area contributed by atoms with E-state index < -0.39 is 8.24 Å². The molecule has 0 saturated carbocycles. The molecule has 28 heavy (non-hydrogen) atoms. The van der Waals surface area contributed by atoms with Crippen LogP contribution in [0.5, 0.6) is 0 Å². The zero-order chi connectivity index (χ0) is 20.6. The molecule has 0 aliphatic rings. The van der Waals surface area contributed by atoms with E-state index in [0.29, 0.717) is 22.3 Å². The first-order valence-corrected chi connectivity index (χ1v) is 12.4. The predicted octanol–water partition coefficient (Wildman–Crippen LogP) is 6.97. The molecular formula is C23H32FN3Si. The third-order valence-electron chi connectivity index (χ3n) is 6.31. The number of benzene rings is 1. The molecule has 2 heterocycles. The van der Waals surface area contributed by atoms with E-state index in [4.69, 9.17) is 0 Å². The van der Waals surface area contributed by atoms with Gasteiger partial charge in [0.05, 0.1) is 11.9 Å². The summed E-state index contributed by atoms with van der Waals surface area (Å²) in [5.41, 5.74) is 4.10. The molecule has 0 N–H and O–H groups in total. The number of hydrogen-bond acceptors (Lipinski definition) is 2. The van der Waals surface area contributed by atoms with Gasteiger partial charge in [0.1, 0.15) is 5.65 Å². The van der Waals surface area contributed by atoms with Crippen LogP contribution in [0.1, 0.15) is 41.5 Å². The molecule has 3 rings (SSSR count). The molecule has 150 valence electrons. The highest BCUT2D eigenvalue weighted by atomic mass is 28.3. The summed E-state index contributed by atoms with van der Waals surface area (Å²) < 4.78 is 17.4. The van der Waals surface area contributed by atoms with Gasteiger partial charge in [0.15, 0.2) is 14.1 Å². The van der Waals surface area contributed by atoms with Crippen LogP contribution in [0.3, 0.4) is 0 Å². The first-order chi connectivity index (χ1) is 13.2. The number of pyridine rings is 1. The number of hydrogen-bond donors (Lipinski definition) is 0. The number of halogens is 1. The lowest BCUT2D eigenvalue weighted by atomic mass is 10.2. The summed E-state index contributed by atoms with van der Waals surface area (Å²) in [6, 6.07) is 12.0. The van der Waals surface area contributed by atoms with Crippen molar-refractivity contribution < 1.29 is 4.39 Å². The van der Waals surface area contributed by atoms with Crippen molar-refractivity contribution in [2.24, 2.45) is 0 Å². The van der Waals surface area contributed by atoms with E-state index in [1.165, 1.54) is 6.20 Å². The molecule has 2 aromatic heterocycles. The second kappa shape index (κ2) is 7.70. The van der Waals surface area contributed by atoms with Crippen molar-refractivity contribution in [3.63, 3.8) is 0 Å². The van der Waals surface area contributed by atoms with Crippen molar-refractivity contribution in [2.45, 2.75) is 58.2 Å². The van der Waals surface area contributed by atoms with Gasteiger partial charge in [-0.15, -0.1) is 0 Å². The van der Waals surface area contributed by atoms with E-state index in [1.807, 2.05) is 42.3 Å². The maximum atomic E-state index is 14.9. The maximum absolute atomic E-state index is 14.9.